The van der Waals surface area contributed by atoms with Crippen molar-refractivity contribution in [2.24, 2.45) is 5.92 Å². The van der Waals surface area contributed by atoms with Gasteiger partial charge in [0.25, 0.3) is 0 Å². The molecular formula is C21H22F3NO2S. The molecule has 3 nitrogen and oxygen atoms in total. The van der Waals surface area contributed by atoms with Crippen molar-refractivity contribution in [3.63, 3.8) is 0 Å². The Balaban J connectivity index is 1.94. The zero-order chi connectivity index (χ0) is 20.6. The second-order valence-corrected chi connectivity index (χ2v) is 7.43. The van der Waals surface area contributed by atoms with E-state index in [1.165, 1.54) is 12.1 Å². The Hall–Kier alpha value is -2.33. The van der Waals surface area contributed by atoms with Gasteiger partial charge in [-0.15, -0.1) is 11.8 Å². The third kappa shape index (κ3) is 6.68. The molecule has 2 aromatic carbocycles. The summed E-state index contributed by atoms with van der Waals surface area (Å²) in [5.41, 5.74) is 0.341. The van der Waals surface area contributed by atoms with Gasteiger partial charge in [-0.25, -0.2) is 0 Å². The van der Waals surface area contributed by atoms with Crippen LogP contribution in [0.15, 0.2) is 47.4 Å². The summed E-state index contributed by atoms with van der Waals surface area (Å²) in [6, 6.07) is 12.7. The summed E-state index contributed by atoms with van der Waals surface area (Å²) in [6.07, 6.45) is -3.29. The van der Waals surface area contributed by atoms with Crippen LogP contribution in [-0.2, 0) is 6.18 Å². The molecule has 0 aliphatic carbocycles. The first-order chi connectivity index (χ1) is 13.3. The van der Waals surface area contributed by atoms with E-state index in [1.54, 1.807) is 18.9 Å². The molecule has 0 spiro atoms. The Labute approximate surface area is 167 Å². The summed E-state index contributed by atoms with van der Waals surface area (Å²) in [7, 11) is 1.63. The smallest absolute Gasteiger partial charge is 0.416 e. The van der Waals surface area contributed by atoms with Crippen molar-refractivity contribution in [2.75, 3.05) is 19.5 Å². The molecule has 0 aliphatic heterocycles. The van der Waals surface area contributed by atoms with Crippen molar-refractivity contribution < 1.29 is 22.6 Å². The standard InChI is InChI=1S/C21H22F3NO2S/c1-15-12-19(9-10-20(15)26-2)28-14-16(4-3-11-25)13-27-18-7-5-17(6-8-18)21(22,23)24/h5-10,12,16H,3-4,13-14H2,1-2H3. The SMILES string of the molecule is COc1ccc(SCC(CCC#N)COc2ccc(C(F)(F)F)cc2)cc1C. The minimum Gasteiger partial charge on any atom is -0.496 e. The lowest BCUT2D eigenvalue weighted by Gasteiger charge is -2.17. The Bertz CT molecular complexity index is 801. The summed E-state index contributed by atoms with van der Waals surface area (Å²) >= 11 is 1.66. The number of ether oxygens (including phenoxy) is 2. The highest BCUT2D eigenvalue weighted by atomic mass is 32.2. The Morgan fingerprint density at radius 1 is 1.14 bits per heavy atom. The van der Waals surface area contributed by atoms with Gasteiger partial charge in [0.05, 0.1) is 25.3 Å². The van der Waals surface area contributed by atoms with Crippen LogP contribution in [0.4, 0.5) is 13.2 Å². The number of hydrogen-bond acceptors (Lipinski definition) is 4. The number of rotatable bonds is 9. The molecule has 0 saturated carbocycles. The first kappa shape index (κ1) is 22.0. The lowest BCUT2D eigenvalue weighted by Crippen LogP contribution is -2.15. The molecule has 1 unspecified atom stereocenters. The molecule has 7 heteroatoms. The van der Waals surface area contributed by atoms with Gasteiger partial charge in [-0.2, -0.15) is 18.4 Å². The Kier molecular flexibility index (Phi) is 8.06. The second kappa shape index (κ2) is 10.3. The first-order valence-corrected chi connectivity index (χ1v) is 9.76. The first-order valence-electron chi connectivity index (χ1n) is 8.78. The maximum Gasteiger partial charge on any atom is 0.416 e. The molecular weight excluding hydrogens is 387 g/mol. The quantitative estimate of drug-likeness (QED) is 0.468. The third-order valence-electron chi connectivity index (χ3n) is 4.18. The highest BCUT2D eigenvalue weighted by Gasteiger charge is 2.30. The van der Waals surface area contributed by atoms with Crippen molar-refractivity contribution in [3.05, 3.63) is 53.6 Å². The molecule has 0 bridgehead atoms. The normalized spacial score (nSPS) is 12.3. The maximum atomic E-state index is 12.6. The average Bonchev–Trinajstić information content (AvgIpc) is 2.67. The maximum absolute atomic E-state index is 12.6. The number of aryl methyl sites for hydroxylation is 1. The van der Waals surface area contributed by atoms with E-state index in [0.29, 0.717) is 25.2 Å². The number of benzene rings is 2. The minimum absolute atomic E-state index is 0.106. The fourth-order valence-electron chi connectivity index (χ4n) is 2.59. The van der Waals surface area contributed by atoms with Gasteiger partial charge in [0.1, 0.15) is 11.5 Å². The molecule has 0 amide bonds. The van der Waals surface area contributed by atoms with Crippen molar-refractivity contribution in [1.82, 2.24) is 0 Å². The van der Waals surface area contributed by atoms with Crippen LogP contribution in [0.1, 0.15) is 24.0 Å². The van der Waals surface area contributed by atoms with E-state index in [0.717, 1.165) is 34.1 Å². The van der Waals surface area contributed by atoms with Gasteiger partial charge in [0.2, 0.25) is 0 Å². The van der Waals surface area contributed by atoms with Gasteiger partial charge >= 0.3 is 6.18 Å². The van der Waals surface area contributed by atoms with Crippen molar-refractivity contribution in [1.29, 1.82) is 5.26 Å². The van der Waals surface area contributed by atoms with E-state index in [9.17, 15) is 13.2 Å². The third-order valence-corrected chi connectivity index (χ3v) is 5.41. The van der Waals surface area contributed by atoms with Crippen LogP contribution in [0.25, 0.3) is 0 Å². The van der Waals surface area contributed by atoms with Crippen LogP contribution in [-0.4, -0.2) is 19.5 Å². The Morgan fingerprint density at radius 3 is 2.43 bits per heavy atom. The number of nitriles is 1. The van der Waals surface area contributed by atoms with Crippen LogP contribution in [0.3, 0.4) is 0 Å². The lowest BCUT2D eigenvalue weighted by molar-refractivity contribution is -0.137. The fraction of sp³-hybridized carbons (Fsp3) is 0.381. The molecule has 2 aromatic rings. The van der Waals surface area contributed by atoms with Crippen molar-refractivity contribution in [3.8, 4) is 17.6 Å². The Morgan fingerprint density at radius 2 is 1.86 bits per heavy atom. The molecule has 0 saturated heterocycles. The molecule has 1 atom stereocenters. The van der Waals surface area contributed by atoms with Gasteiger partial charge in [-0.05, 0) is 61.4 Å². The van der Waals surface area contributed by atoms with E-state index < -0.39 is 11.7 Å². The van der Waals surface area contributed by atoms with Crippen LogP contribution in [0, 0.1) is 24.2 Å². The van der Waals surface area contributed by atoms with Gasteiger partial charge in [0, 0.05) is 23.0 Å². The van der Waals surface area contributed by atoms with Gasteiger partial charge in [-0.1, -0.05) is 0 Å². The summed E-state index contributed by atoms with van der Waals surface area (Å²) in [4.78, 5) is 1.09. The summed E-state index contributed by atoms with van der Waals surface area (Å²) in [5.74, 6) is 2.07. The van der Waals surface area contributed by atoms with E-state index in [-0.39, 0.29) is 5.92 Å². The molecule has 0 aromatic heterocycles. The molecule has 28 heavy (non-hydrogen) atoms. The van der Waals surface area contributed by atoms with E-state index in [4.69, 9.17) is 14.7 Å². The van der Waals surface area contributed by atoms with E-state index >= 15 is 0 Å². The summed E-state index contributed by atoms with van der Waals surface area (Å²) < 4.78 is 48.8. The molecule has 0 heterocycles. The van der Waals surface area contributed by atoms with Gasteiger partial charge in [0.15, 0.2) is 0 Å². The number of alkyl halides is 3. The highest BCUT2D eigenvalue weighted by molar-refractivity contribution is 7.99. The predicted molar refractivity (Wildman–Crippen MR) is 104 cm³/mol. The topological polar surface area (TPSA) is 42.2 Å². The van der Waals surface area contributed by atoms with E-state index in [2.05, 4.69) is 6.07 Å². The van der Waals surface area contributed by atoms with Crippen LogP contribution < -0.4 is 9.47 Å². The molecule has 2 rings (SSSR count). The molecule has 0 N–H and O–H groups in total. The minimum atomic E-state index is -4.36. The van der Waals surface area contributed by atoms with Crippen LogP contribution in [0.5, 0.6) is 11.5 Å². The molecule has 150 valence electrons. The molecule has 0 aliphatic rings. The predicted octanol–water partition coefficient (Wildman–Crippen LogP) is 6.11. The second-order valence-electron chi connectivity index (χ2n) is 6.34. The van der Waals surface area contributed by atoms with Crippen LogP contribution in [0.2, 0.25) is 0 Å². The van der Waals surface area contributed by atoms with E-state index in [1.807, 2.05) is 25.1 Å². The lowest BCUT2D eigenvalue weighted by atomic mass is 10.1. The van der Waals surface area contributed by atoms with Crippen molar-refractivity contribution >= 4 is 11.8 Å². The molecule has 0 radical (unpaired) electrons. The summed E-state index contributed by atoms with van der Waals surface area (Å²) in [5, 5.41) is 8.87. The van der Waals surface area contributed by atoms with Gasteiger partial charge < -0.3 is 9.47 Å². The zero-order valence-electron chi connectivity index (χ0n) is 15.8. The highest BCUT2D eigenvalue weighted by Crippen LogP contribution is 2.31. The average molecular weight is 409 g/mol. The number of nitrogens with zero attached hydrogens (tertiary/aromatic N) is 1. The molecule has 0 fully saturated rings. The largest absolute Gasteiger partial charge is 0.496 e. The fourth-order valence-corrected chi connectivity index (χ4v) is 3.71. The van der Waals surface area contributed by atoms with Crippen LogP contribution >= 0.6 is 11.8 Å². The number of hydrogen-bond donors (Lipinski definition) is 0. The zero-order valence-corrected chi connectivity index (χ0v) is 16.6. The number of methoxy groups -OCH3 is 1. The monoisotopic (exact) mass is 409 g/mol. The van der Waals surface area contributed by atoms with Crippen molar-refractivity contribution in [2.45, 2.75) is 30.8 Å². The number of thioether (sulfide) groups is 1. The number of halogens is 3. The van der Waals surface area contributed by atoms with Gasteiger partial charge in [-0.3, -0.25) is 0 Å². The summed E-state index contributed by atoms with van der Waals surface area (Å²) in [6.45, 7) is 2.32.